The molecule has 0 aliphatic heterocycles. The Labute approximate surface area is 76.4 Å². The first-order valence-electron chi connectivity index (χ1n) is 4.14. The Morgan fingerprint density at radius 3 is 2.77 bits per heavy atom. The number of aromatic hydroxyl groups is 1. The van der Waals surface area contributed by atoms with Crippen molar-refractivity contribution in [3.05, 3.63) is 23.9 Å². The molecule has 0 saturated carbocycles. The molecule has 0 radical (unpaired) electrons. The number of rotatable bonds is 0. The molecule has 0 atom stereocenters. The number of aromatic nitrogens is 1. The molecular weight excluding hydrogens is 164 g/mol. The van der Waals surface area contributed by atoms with Crippen LogP contribution in [0, 0.1) is 6.92 Å². The molecule has 2 rings (SSSR count). The van der Waals surface area contributed by atoms with Gasteiger partial charge in [0, 0.05) is 18.1 Å². The third kappa shape index (κ3) is 0.967. The average molecular weight is 176 g/mol. The van der Waals surface area contributed by atoms with Gasteiger partial charge in [0.05, 0.1) is 11.2 Å². The third-order valence-corrected chi connectivity index (χ3v) is 2.52. The Kier molecular flexibility index (Phi) is 1.49. The lowest BCUT2D eigenvalue weighted by atomic mass is 10.2. The minimum Gasteiger partial charge on any atom is -0.508 e. The summed E-state index contributed by atoms with van der Waals surface area (Å²) in [6.07, 6.45) is 0. The van der Waals surface area contributed by atoms with Crippen molar-refractivity contribution in [1.29, 1.82) is 0 Å². The number of nitrogens with two attached hydrogens (primary N) is 1. The van der Waals surface area contributed by atoms with E-state index in [1.807, 2.05) is 24.6 Å². The lowest BCUT2D eigenvalue weighted by Crippen LogP contribution is -1.91. The Morgan fingerprint density at radius 1 is 1.38 bits per heavy atom. The lowest BCUT2D eigenvalue weighted by Gasteiger charge is -1.97. The van der Waals surface area contributed by atoms with Crippen molar-refractivity contribution in [1.82, 2.24) is 4.57 Å². The number of fused-ring (bicyclic) bond motifs is 1. The van der Waals surface area contributed by atoms with Crippen LogP contribution in [0.2, 0.25) is 0 Å². The second-order valence-electron chi connectivity index (χ2n) is 3.26. The molecule has 2 aromatic rings. The monoisotopic (exact) mass is 176 g/mol. The predicted octanol–water partition coefficient (Wildman–Crippen LogP) is 1.77. The molecule has 0 unspecified atom stereocenters. The van der Waals surface area contributed by atoms with Crippen LogP contribution in [-0.4, -0.2) is 9.67 Å². The molecular formula is C10H12N2O. The van der Waals surface area contributed by atoms with Crippen LogP contribution in [0.4, 0.5) is 5.69 Å². The highest BCUT2D eigenvalue weighted by Gasteiger charge is 2.08. The molecule has 1 heterocycles. The van der Waals surface area contributed by atoms with Gasteiger partial charge in [-0.3, -0.25) is 0 Å². The molecule has 68 valence electrons. The van der Waals surface area contributed by atoms with Gasteiger partial charge in [0.15, 0.2) is 0 Å². The van der Waals surface area contributed by atoms with E-state index in [0.29, 0.717) is 0 Å². The summed E-state index contributed by atoms with van der Waals surface area (Å²) in [5.74, 6) is 0.254. The van der Waals surface area contributed by atoms with E-state index in [0.717, 1.165) is 22.3 Å². The first kappa shape index (κ1) is 7.98. The van der Waals surface area contributed by atoms with Crippen molar-refractivity contribution in [2.24, 2.45) is 7.05 Å². The zero-order valence-corrected chi connectivity index (χ0v) is 7.70. The molecule has 3 heteroatoms. The predicted molar refractivity (Wildman–Crippen MR) is 53.7 cm³/mol. The molecule has 0 aliphatic rings. The molecule has 0 bridgehead atoms. The van der Waals surface area contributed by atoms with Gasteiger partial charge in [0.1, 0.15) is 5.75 Å². The summed E-state index contributed by atoms with van der Waals surface area (Å²) < 4.78 is 2.02. The van der Waals surface area contributed by atoms with Gasteiger partial charge in [-0.15, -0.1) is 0 Å². The summed E-state index contributed by atoms with van der Waals surface area (Å²) in [6, 6.07) is 5.23. The van der Waals surface area contributed by atoms with Crippen molar-refractivity contribution in [2.45, 2.75) is 6.92 Å². The maximum atomic E-state index is 9.29. The van der Waals surface area contributed by atoms with E-state index in [9.17, 15) is 5.11 Å². The molecule has 0 saturated heterocycles. The largest absolute Gasteiger partial charge is 0.508 e. The van der Waals surface area contributed by atoms with E-state index in [1.165, 1.54) is 0 Å². The maximum Gasteiger partial charge on any atom is 0.116 e. The first-order chi connectivity index (χ1) is 6.11. The van der Waals surface area contributed by atoms with E-state index >= 15 is 0 Å². The summed E-state index contributed by atoms with van der Waals surface area (Å²) in [4.78, 5) is 0. The van der Waals surface area contributed by atoms with Crippen LogP contribution in [0.25, 0.3) is 10.9 Å². The fourth-order valence-corrected chi connectivity index (χ4v) is 1.59. The number of benzene rings is 1. The standard InChI is InChI=1S/C10H12N2O/c1-6-10(11)8-5-7(13)3-4-9(8)12(6)2/h3-5,13H,11H2,1-2H3. The molecule has 0 spiro atoms. The van der Waals surface area contributed by atoms with Gasteiger partial charge in [-0.05, 0) is 25.1 Å². The molecule has 0 amide bonds. The Balaban J connectivity index is 2.95. The molecule has 13 heavy (non-hydrogen) atoms. The van der Waals surface area contributed by atoms with Crippen LogP contribution < -0.4 is 5.73 Å². The van der Waals surface area contributed by atoms with Gasteiger partial charge in [-0.25, -0.2) is 0 Å². The topological polar surface area (TPSA) is 51.2 Å². The zero-order chi connectivity index (χ0) is 9.59. The van der Waals surface area contributed by atoms with Gasteiger partial charge >= 0.3 is 0 Å². The van der Waals surface area contributed by atoms with Gasteiger partial charge in [-0.1, -0.05) is 0 Å². The maximum absolute atomic E-state index is 9.29. The molecule has 3 nitrogen and oxygen atoms in total. The molecule has 1 aromatic carbocycles. The first-order valence-corrected chi connectivity index (χ1v) is 4.14. The summed E-state index contributed by atoms with van der Waals surface area (Å²) in [7, 11) is 1.96. The van der Waals surface area contributed by atoms with Crippen molar-refractivity contribution in [3.63, 3.8) is 0 Å². The van der Waals surface area contributed by atoms with Gasteiger partial charge in [0.2, 0.25) is 0 Å². The zero-order valence-electron chi connectivity index (χ0n) is 7.70. The van der Waals surface area contributed by atoms with E-state index in [1.54, 1.807) is 12.1 Å². The Morgan fingerprint density at radius 2 is 2.08 bits per heavy atom. The van der Waals surface area contributed by atoms with Gasteiger partial charge in [0.25, 0.3) is 0 Å². The number of hydrogen-bond acceptors (Lipinski definition) is 2. The SMILES string of the molecule is Cc1c(N)c2cc(O)ccc2n1C. The summed E-state index contributed by atoms with van der Waals surface area (Å²) >= 11 is 0. The van der Waals surface area contributed by atoms with E-state index in [-0.39, 0.29) is 5.75 Å². The normalized spacial score (nSPS) is 10.9. The van der Waals surface area contributed by atoms with Crippen LogP contribution in [0.15, 0.2) is 18.2 Å². The molecule has 0 aliphatic carbocycles. The van der Waals surface area contributed by atoms with Crippen LogP contribution in [0.3, 0.4) is 0 Å². The van der Waals surface area contributed by atoms with E-state index < -0.39 is 0 Å². The average Bonchev–Trinajstić information content (AvgIpc) is 2.32. The van der Waals surface area contributed by atoms with Crippen LogP contribution in [0.5, 0.6) is 5.75 Å². The van der Waals surface area contributed by atoms with Crippen LogP contribution in [0.1, 0.15) is 5.69 Å². The van der Waals surface area contributed by atoms with Crippen molar-refractivity contribution in [2.75, 3.05) is 5.73 Å². The second kappa shape index (κ2) is 2.42. The minimum absolute atomic E-state index is 0.254. The Hall–Kier alpha value is -1.64. The summed E-state index contributed by atoms with van der Waals surface area (Å²) in [5.41, 5.74) is 8.70. The van der Waals surface area contributed by atoms with Crippen LogP contribution >= 0.6 is 0 Å². The van der Waals surface area contributed by atoms with Gasteiger partial charge < -0.3 is 15.4 Å². The highest BCUT2D eigenvalue weighted by atomic mass is 16.3. The number of nitrogen functional groups attached to an aromatic ring is 1. The Bertz CT molecular complexity index is 471. The highest BCUT2D eigenvalue weighted by molar-refractivity contribution is 5.94. The van der Waals surface area contributed by atoms with Crippen molar-refractivity contribution in [3.8, 4) is 5.75 Å². The number of nitrogens with zero attached hydrogens (tertiary/aromatic N) is 1. The van der Waals surface area contributed by atoms with Crippen molar-refractivity contribution >= 4 is 16.6 Å². The number of aryl methyl sites for hydroxylation is 1. The summed E-state index contributed by atoms with van der Waals surface area (Å²) in [6.45, 7) is 1.96. The second-order valence-corrected chi connectivity index (χ2v) is 3.26. The highest BCUT2D eigenvalue weighted by Crippen LogP contribution is 2.29. The number of hydrogen-bond donors (Lipinski definition) is 2. The smallest absolute Gasteiger partial charge is 0.116 e. The fourth-order valence-electron chi connectivity index (χ4n) is 1.59. The molecule has 1 aromatic heterocycles. The summed E-state index contributed by atoms with van der Waals surface area (Å²) in [5, 5.41) is 10.2. The quantitative estimate of drug-likeness (QED) is 0.642. The van der Waals surface area contributed by atoms with Crippen LogP contribution in [-0.2, 0) is 7.05 Å². The number of phenols is 1. The minimum atomic E-state index is 0.254. The molecule has 3 N–H and O–H groups in total. The molecule has 0 fully saturated rings. The number of anilines is 1. The fraction of sp³-hybridized carbons (Fsp3) is 0.200. The lowest BCUT2D eigenvalue weighted by molar-refractivity contribution is 0.476. The van der Waals surface area contributed by atoms with E-state index in [2.05, 4.69) is 0 Å². The number of phenolic OH excluding ortho intramolecular Hbond substituents is 1. The third-order valence-electron chi connectivity index (χ3n) is 2.52. The van der Waals surface area contributed by atoms with Gasteiger partial charge in [-0.2, -0.15) is 0 Å². The van der Waals surface area contributed by atoms with Crippen molar-refractivity contribution < 1.29 is 5.11 Å². The van der Waals surface area contributed by atoms with E-state index in [4.69, 9.17) is 5.73 Å².